The van der Waals surface area contributed by atoms with Crippen molar-refractivity contribution in [2.75, 3.05) is 6.26 Å². The zero-order valence-corrected chi connectivity index (χ0v) is 14.3. The fraction of sp³-hybridized carbons (Fsp3) is 0.278. The molecule has 1 atom stereocenters. The van der Waals surface area contributed by atoms with Gasteiger partial charge in [-0.3, -0.25) is 4.79 Å². The molecule has 3 rings (SSSR count). The van der Waals surface area contributed by atoms with Gasteiger partial charge in [0, 0.05) is 11.8 Å². The normalized spacial score (nSPS) is 16.7. The van der Waals surface area contributed by atoms with E-state index < -0.39 is 9.84 Å². The number of amides is 1. The SMILES string of the molecule is Cc1ccc(S(C)(=O)=O)cc1C(=O)NC1CCc2c(F)cccc21. The van der Waals surface area contributed by atoms with E-state index in [1.54, 1.807) is 19.1 Å². The summed E-state index contributed by atoms with van der Waals surface area (Å²) in [6.45, 7) is 1.75. The molecule has 24 heavy (non-hydrogen) atoms. The van der Waals surface area contributed by atoms with Crippen molar-refractivity contribution >= 4 is 15.7 Å². The van der Waals surface area contributed by atoms with E-state index in [1.165, 1.54) is 18.2 Å². The number of hydrogen-bond acceptors (Lipinski definition) is 3. The van der Waals surface area contributed by atoms with Gasteiger partial charge in [-0.25, -0.2) is 12.8 Å². The molecular weight excluding hydrogens is 329 g/mol. The number of rotatable bonds is 3. The molecule has 1 aliphatic carbocycles. The Morgan fingerprint density at radius 3 is 2.71 bits per heavy atom. The number of aryl methyl sites for hydroxylation is 1. The van der Waals surface area contributed by atoms with E-state index in [0.29, 0.717) is 29.5 Å². The van der Waals surface area contributed by atoms with Crippen LogP contribution in [0, 0.1) is 12.7 Å². The van der Waals surface area contributed by atoms with Gasteiger partial charge in [0.15, 0.2) is 9.84 Å². The Labute approximate surface area is 140 Å². The summed E-state index contributed by atoms with van der Waals surface area (Å²) >= 11 is 0. The van der Waals surface area contributed by atoms with E-state index in [-0.39, 0.29) is 22.7 Å². The average molecular weight is 347 g/mol. The van der Waals surface area contributed by atoms with Crippen LogP contribution in [0.25, 0.3) is 0 Å². The second kappa shape index (κ2) is 6.02. The lowest BCUT2D eigenvalue weighted by Crippen LogP contribution is -2.28. The molecule has 4 nitrogen and oxygen atoms in total. The van der Waals surface area contributed by atoms with Gasteiger partial charge in [0.1, 0.15) is 5.82 Å². The maximum absolute atomic E-state index is 13.8. The summed E-state index contributed by atoms with van der Waals surface area (Å²) in [6, 6.07) is 9.11. The lowest BCUT2D eigenvalue weighted by Gasteiger charge is -2.16. The average Bonchev–Trinajstić information content (AvgIpc) is 2.91. The van der Waals surface area contributed by atoms with Gasteiger partial charge in [-0.1, -0.05) is 18.2 Å². The highest BCUT2D eigenvalue weighted by molar-refractivity contribution is 7.90. The number of benzene rings is 2. The van der Waals surface area contributed by atoms with E-state index in [9.17, 15) is 17.6 Å². The van der Waals surface area contributed by atoms with Gasteiger partial charge in [-0.15, -0.1) is 0 Å². The summed E-state index contributed by atoms with van der Waals surface area (Å²) in [5.74, 6) is -0.598. The highest BCUT2D eigenvalue weighted by atomic mass is 32.2. The second-order valence-electron chi connectivity index (χ2n) is 6.12. The van der Waals surface area contributed by atoms with Crippen molar-refractivity contribution < 1.29 is 17.6 Å². The third kappa shape index (κ3) is 3.06. The molecule has 0 aliphatic heterocycles. The van der Waals surface area contributed by atoms with Crippen molar-refractivity contribution in [3.8, 4) is 0 Å². The van der Waals surface area contributed by atoms with E-state index in [0.717, 1.165) is 11.8 Å². The monoisotopic (exact) mass is 347 g/mol. The number of carbonyl (C=O) groups is 1. The first-order chi connectivity index (χ1) is 11.3. The smallest absolute Gasteiger partial charge is 0.252 e. The highest BCUT2D eigenvalue weighted by Crippen LogP contribution is 2.33. The van der Waals surface area contributed by atoms with Crippen LogP contribution in [0.4, 0.5) is 4.39 Å². The third-order valence-corrected chi connectivity index (χ3v) is 5.51. The topological polar surface area (TPSA) is 63.2 Å². The van der Waals surface area contributed by atoms with E-state index in [2.05, 4.69) is 5.32 Å². The zero-order valence-electron chi connectivity index (χ0n) is 13.5. The molecule has 2 aromatic rings. The summed E-state index contributed by atoms with van der Waals surface area (Å²) in [5, 5.41) is 2.90. The van der Waals surface area contributed by atoms with Crippen molar-refractivity contribution in [2.45, 2.75) is 30.7 Å². The summed E-state index contributed by atoms with van der Waals surface area (Å²) in [6.07, 6.45) is 2.32. The minimum absolute atomic E-state index is 0.108. The summed E-state index contributed by atoms with van der Waals surface area (Å²) in [7, 11) is -3.39. The Kier molecular flexibility index (Phi) is 4.17. The van der Waals surface area contributed by atoms with Crippen LogP contribution in [0.3, 0.4) is 0 Å². The first-order valence-corrected chi connectivity index (χ1v) is 9.55. The number of hydrogen-bond donors (Lipinski definition) is 1. The fourth-order valence-electron chi connectivity index (χ4n) is 3.07. The molecule has 0 saturated heterocycles. The lowest BCUT2D eigenvalue weighted by atomic mass is 10.1. The Morgan fingerprint density at radius 2 is 2.00 bits per heavy atom. The molecule has 1 aliphatic rings. The van der Waals surface area contributed by atoms with Crippen molar-refractivity contribution in [1.82, 2.24) is 5.32 Å². The summed E-state index contributed by atoms with van der Waals surface area (Å²) in [4.78, 5) is 12.7. The van der Waals surface area contributed by atoms with Crippen LogP contribution in [0.5, 0.6) is 0 Å². The predicted molar refractivity (Wildman–Crippen MR) is 89.2 cm³/mol. The van der Waals surface area contributed by atoms with Crippen molar-refractivity contribution in [1.29, 1.82) is 0 Å². The van der Waals surface area contributed by atoms with Crippen LogP contribution in [0.1, 0.15) is 39.5 Å². The Hall–Kier alpha value is -2.21. The number of nitrogens with one attached hydrogen (secondary N) is 1. The Balaban J connectivity index is 1.89. The first-order valence-electron chi connectivity index (χ1n) is 7.66. The zero-order chi connectivity index (χ0) is 17.5. The molecule has 1 N–H and O–H groups in total. The predicted octanol–water partition coefficient (Wildman–Crippen LogP) is 2.95. The number of sulfone groups is 1. The Bertz CT molecular complexity index is 922. The molecule has 0 bridgehead atoms. The highest BCUT2D eigenvalue weighted by Gasteiger charge is 2.27. The van der Waals surface area contributed by atoms with Gasteiger partial charge >= 0.3 is 0 Å². The van der Waals surface area contributed by atoms with E-state index in [4.69, 9.17) is 0 Å². The lowest BCUT2D eigenvalue weighted by molar-refractivity contribution is 0.0936. The van der Waals surface area contributed by atoms with Gasteiger partial charge in [0.05, 0.1) is 10.9 Å². The molecule has 2 aromatic carbocycles. The van der Waals surface area contributed by atoms with E-state index in [1.807, 2.05) is 6.07 Å². The first kappa shape index (κ1) is 16.6. The Morgan fingerprint density at radius 1 is 1.25 bits per heavy atom. The molecule has 0 fully saturated rings. The van der Waals surface area contributed by atoms with E-state index >= 15 is 0 Å². The number of halogens is 1. The quantitative estimate of drug-likeness (QED) is 0.928. The number of fused-ring (bicyclic) bond motifs is 1. The maximum atomic E-state index is 13.8. The van der Waals surface area contributed by atoms with Gasteiger partial charge < -0.3 is 5.32 Å². The van der Waals surface area contributed by atoms with Crippen LogP contribution in [0.15, 0.2) is 41.3 Å². The number of carbonyl (C=O) groups excluding carboxylic acids is 1. The van der Waals surface area contributed by atoms with Gasteiger partial charge in [-0.05, 0) is 54.7 Å². The van der Waals surface area contributed by atoms with Gasteiger partial charge in [0.2, 0.25) is 0 Å². The van der Waals surface area contributed by atoms with Crippen LogP contribution < -0.4 is 5.32 Å². The molecule has 0 saturated carbocycles. The third-order valence-electron chi connectivity index (χ3n) is 4.40. The largest absolute Gasteiger partial charge is 0.345 e. The second-order valence-corrected chi connectivity index (χ2v) is 8.14. The van der Waals surface area contributed by atoms with Crippen LogP contribution in [0.2, 0.25) is 0 Å². The fourth-order valence-corrected chi connectivity index (χ4v) is 3.72. The molecular formula is C18H18FNO3S. The molecule has 0 heterocycles. The minimum Gasteiger partial charge on any atom is -0.345 e. The molecule has 6 heteroatoms. The van der Waals surface area contributed by atoms with Crippen LogP contribution in [-0.4, -0.2) is 20.6 Å². The molecule has 126 valence electrons. The van der Waals surface area contributed by atoms with Gasteiger partial charge in [0.25, 0.3) is 5.91 Å². The maximum Gasteiger partial charge on any atom is 0.252 e. The summed E-state index contributed by atoms with van der Waals surface area (Å²) in [5.41, 5.74) is 2.45. The van der Waals surface area contributed by atoms with Crippen LogP contribution in [-0.2, 0) is 16.3 Å². The van der Waals surface area contributed by atoms with Gasteiger partial charge in [-0.2, -0.15) is 0 Å². The van der Waals surface area contributed by atoms with Crippen molar-refractivity contribution in [2.24, 2.45) is 0 Å². The van der Waals surface area contributed by atoms with Crippen LogP contribution >= 0.6 is 0 Å². The minimum atomic E-state index is -3.39. The summed E-state index contributed by atoms with van der Waals surface area (Å²) < 4.78 is 37.2. The van der Waals surface area contributed by atoms with Crippen molar-refractivity contribution in [3.63, 3.8) is 0 Å². The standard InChI is InChI=1S/C18H18FNO3S/c1-11-6-7-12(24(2,22)23)10-15(11)18(21)20-17-9-8-13-14(17)4-3-5-16(13)19/h3-7,10,17H,8-9H2,1-2H3,(H,20,21). The molecule has 0 aromatic heterocycles. The molecule has 0 spiro atoms. The molecule has 1 amide bonds. The van der Waals surface area contributed by atoms with Crippen molar-refractivity contribution in [3.05, 3.63) is 64.5 Å². The molecule has 1 unspecified atom stereocenters. The molecule has 0 radical (unpaired) electrons.